The second-order valence-corrected chi connectivity index (χ2v) is 13.3. The molecule has 1 aromatic rings. The first kappa shape index (κ1) is 29.6. The minimum absolute atomic E-state index is 0. The van der Waals surface area contributed by atoms with Crippen LogP contribution < -0.4 is 9.80 Å². The Balaban J connectivity index is 0.00000361. The minimum Gasteiger partial charge on any atom is -0.381 e. The highest BCUT2D eigenvalue weighted by Gasteiger charge is 2.40. The lowest BCUT2D eigenvalue weighted by Gasteiger charge is -2.46. The van der Waals surface area contributed by atoms with Crippen molar-refractivity contribution in [1.82, 2.24) is 4.90 Å². The van der Waals surface area contributed by atoms with Gasteiger partial charge in [0, 0.05) is 57.8 Å². The molecule has 36 heavy (non-hydrogen) atoms. The smallest absolute Gasteiger partial charge is 0.0605 e. The van der Waals surface area contributed by atoms with Gasteiger partial charge in [0.05, 0.1) is 6.10 Å². The standard InChI is InChI=1S/C31H53N3O.ClH/c1-7-8-9-14-32-17-19-34(20-18-32)29-11-10-26(33-15-12-27(35-6)13-16-33)21-28(29)25-22-30(2,3)24-31(4,5)23-25;/h10-11,21,25,27H,7-9,12-20,22-24H2,1-6H3;1H. The molecule has 1 aromatic carbocycles. The highest BCUT2D eigenvalue weighted by Crippen LogP contribution is 2.53. The summed E-state index contributed by atoms with van der Waals surface area (Å²) < 4.78 is 5.64. The van der Waals surface area contributed by atoms with Gasteiger partial charge < -0.3 is 14.5 Å². The number of nitrogens with zero attached hydrogens (tertiary/aromatic N) is 3. The summed E-state index contributed by atoms with van der Waals surface area (Å²) >= 11 is 0. The van der Waals surface area contributed by atoms with Crippen LogP contribution in [0.15, 0.2) is 18.2 Å². The number of rotatable bonds is 8. The van der Waals surface area contributed by atoms with E-state index in [9.17, 15) is 0 Å². The molecule has 3 fully saturated rings. The second kappa shape index (κ2) is 12.7. The van der Waals surface area contributed by atoms with Gasteiger partial charge in [0.2, 0.25) is 0 Å². The molecule has 0 unspecified atom stereocenters. The minimum atomic E-state index is 0. The molecule has 2 saturated heterocycles. The van der Waals surface area contributed by atoms with Gasteiger partial charge in [0.25, 0.3) is 0 Å². The molecule has 3 aliphatic rings. The first-order chi connectivity index (χ1) is 16.7. The van der Waals surface area contributed by atoms with E-state index in [0.29, 0.717) is 22.9 Å². The fourth-order valence-corrected chi connectivity index (χ4v) is 7.57. The van der Waals surface area contributed by atoms with E-state index >= 15 is 0 Å². The number of anilines is 2. The molecule has 0 atom stereocenters. The molecule has 0 spiro atoms. The van der Waals surface area contributed by atoms with Crippen molar-refractivity contribution in [2.75, 3.05) is 62.7 Å². The summed E-state index contributed by atoms with van der Waals surface area (Å²) in [7, 11) is 1.86. The van der Waals surface area contributed by atoms with E-state index < -0.39 is 0 Å². The monoisotopic (exact) mass is 519 g/mol. The van der Waals surface area contributed by atoms with E-state index in [0.717, 1.165) is 39.0 Å². The van der Waals surface area contributed by atoms with E-state index in [1.165, 1.54) is 69.5 Å². The number of benzene rings is 1. The average molecular weight is 520 g/mol. The van der Waals surface area contributed by atoms with Crippen molar-refractivity contribution < 1.29 is 4.74 Å². The molecule has 5 heteroatoms. The van der Waals surface area contributed by atoms with Crippen LogP contribution in [0.2, 0.25) is 0 Å². The van der Waals surface area contributed by atoms with Crippen LogP contribution in [-0.4, -0.2) is 63.9 Å². The van der Waals surface area contributed by atoms with Gasteiger partial charge >= 0.3 is 0 Å². The van der Waals surface area contributed by atoms with Gasteiger partial charge in [-0.1, -0.05) is 47.5 Å². The summed E-state index contributed by atoms with van der Waals surface area (Å²) in [6.45, 7) is 20.5. The lowest BCUT2D eigenvalue weighted by atomic mass is 9.60. The normalized spacial score (nSPS) is 23.5. The zero-order valence-electron chi connectivity index (χ0n) is 24.2. The van der Waals surface area contributed by atoms with Crippen molar-refractivity contribution in [3.63, 3.8) is 0 Å². The number of ether oxygens (including phenoxy) is 1. The molecule has 1 saturated carbocycles. The summed E-state index contributed by atoms with van der Waals surface area (Å²) in [6, 6.07) is 7.49. The average Bonchev–Trinajstić information content (AvgIpc) is 2.82. The Morgan fingerprint density at radius 1 is 0.861 bits per heavy atom. The van der Waals surface area contributed by atoms with Crippen molar-refractivity contribution in [1.29, 1.82) is 0 Å². The number of piperidine rings is 1. The molecule has 206 valence electrons. The molecular formula is C31H54ClN3O. The first-order valence-electron chi connectivity index (χ1n) is 14.6. The maximum absolute atomic E-state index is 5.64. The van der Waals surface area contributed by atoms with Crippen LogP contribution in [0.3, 0.4) is 0 Å². The number of halogens is 1. The molecule has 0 radical (unpaired) electrons. The molecule has 0 N–H and O–H groups in total. The molecule has 4 nitrogen and oxygen atoms in total. The zero-order valence-corrected chi connectivity index (χ0v) is 25.0. The third-order valence-corrected chi connectivity index (χ3v) is 8.94. The van der Waals surface area contributed by atoms with E-state index in [4.69, 9.17) is 4.74 Å². The van der Waals surface area contributed by atoms with Crippen LogP contribution in [0.4, 0.5) is 11.4 Å². The Labute approximate surface area is 228 Å². The Bertz CT molecular complexity index is 794. The lowest BCUT2D eigenvalue weighted by molar-refractivity contribution is 0.0819. The van der Waals surface area contributed by atoms with E-state index in [-0.39, 0.29) is 12.4 Å². The lowest BCUT2D eigenvalue weighted by Crippen LogP contribution is -2.47. The topological polar surface area (TPSA) is 19.0 Å². The fraction of sp³-hybridized carbons (Fsp3) is 0.806. The Kier molecular flexibility index (Phi) is 10.5. The summed E-state index contributed by atoms with van der Waals surface area (Å²) in [5.41, 5.74) is 5.37. The quantitative estimate of drug-likeness (QED) is 0.334. The molecule has 2 heterocycles. The highest BCUT2D eigenvalue weighted by atomic mass is 35.5. The van der Waals surface area contributed by atoms with Crippen LogP contribution >= 0.6 is 12.4 Å². The van der Waals surface area contributed by atoms with Crippen LogP contribution in [0.1, 0.15) is 97.5 Å². The number of hydrogen-bond donors (Lipinski definition) is 0. The summed E-state index contributed by atoms with van der Waals surface area (Å²) in [6.07, 6.45) is 10.7. The van der Waals surface area contributed by atoms with Crippen LogP contribution in [-0.2, 0) is 4.74 Å². The van der Waals surface area contributed by atoms with Gasteiger partial charge in [0.1, 0.15) is 0 Å². The number of methoxy groups -OCH3 is 1. The molecule has 4 rings (SSSR count). The van der Waals surface area contributed by atoms with Gasteiger partial charge in [-0.05, 0) is 85.6 Å². The molecular weight excluding hydrogens is 466 g/mol. The molecule has 1 aliphatic carbocycles. The maximum Gasteiger partial charge on any atom is 0.0605 e. The SMILES string of the molecule is CCCCCN1CCN(c2ccc(N3CCC(OC)CC3)cc2C2CC(C)(C)CC(C)(C)C2)CC1.Cl. The highest BCUT2D eigenvalue weighted by molar-refractivity contribution is 5.85. The summed E-state index contributed by atoms with van der Waals surface area (Å²) in [4.78, 5) is 8.00. The molecule has 0 amide bonds. The van der Waals surface area contributed by atoms with E-state index in [2.05, 4.69) is 67.5 Å². The third kappa shape index (κ3) is 7.54. The number of piperazine rings is 1. The van der Waals surface area contributed by atoms with Crippen molar-refractivity contribution >= 4 is 23.8 Å². The van der Waals surface area contributed by atoms with Gasteiger partial charge in [-0.3, -0.25) is 4.90 Å². The second-order valence-electron chi connectivity index (χ2n) is 13.3. The van der Waals surface area contributed by atoms with Gasteiger partial charge in [-0.25, -0.2) is 0 Å². The van der Waals surface area contributed by atoms with Gasteiger partial charge in [-0.2, -0.15) is 0 Å². The maximum atomic E-state index is 5.64. The van der Waals surface area contributed by atoms with Crippen molar-refractivity contribution in [3.8, 4) is 0 Å². The Morgan fingerprint density at radius 3 is 2.08 bits per heavy atom. The van der Waals surface area contributed by atoms with Crippen molar-refractivity contribution in [2.24, 2.45) is 10.8 Å². The zero-order chi connectivity index (χ0) is 25.1. The summed E-state index contributed by atoms with van der Waals surface area (Å²) in [5, 5.41) is 0. The predicted octanol–water partition coefficient (Wildman–Crippen LogP) is 7.36. The van der Waals surface area contributed by atoms with Crippen molar-refractivity contribution in [3.05, 3.63) is 23.8 Å². The molecule has 0 bridgehead atoms. The number of hydrogen-bond acceptors (Lipinski definition) is 4. The fourth-order valence-electron chi connectivity index (χ4n) is 7.57. The van der Waals surface area contributed by atoms with Crippen LogP contribution in [0, 0.1) is 10.8 Å². The molecule has 2 aliphatic heterocycles. The largest absolute Gasteiger partial charge is 0.381 e. The molecule has 0 aromatic heterocycles. The van der Waals surface area contributed by atoms with Gasteiger partial charge in [-0.15, -0.1) is 12.4 Å². The van der Waals surface area contributed by atoms with Crippen LogP contribution in [0.25, 0.3) is 0 Å². The van der Waals surface area contributed by atoms with E-state index in [1.807, 2.05) is 7.11 Å². The number of unbranched alkanes of at least 4 members (excludes halogenated alkanes) is 2. The van der Waals surface area contributed by atoms with E-state index in [1.54, 1.807) is 5.56 Å². The Hall–Kier alpha value is -0.970. The summed E-state index contributed by atoms with van der Waals surface area (Å²) in [5.74, 6) is 0.641. The first-order valence-corrected chi connectivity index (χ1v) is 14.6. The Morgan fingerprint density at radius 2 is 1.50 bits per heavy atom. The third-order valence-electron chi connectivity index (χ3n) is 8.94. The van der Waals surface area contributed by atoms with Gasteiger partial charge in [0.15, 0.2) is 0 Å². The predicted molar refractivity (Wildman–Crippen MR) is 158 cm³/mol. The van der Waals surface area contributed by atoms with Crippen LogP contribution in [0.5, 0.6) is 0 Å². The van der Waals surface area contributed by atoms with Crippen molar-refractivity contribution in [2.45, 2.75) is 98.0 Å².